The fourth-order valence-electron chi connectivity index (χ4n) is 2.00. The smallest absolute Gasteiger partial charge is 0.222 e. The molecule has 1 aromatic heterocycles. The van der Waals surface area contributed by atoms with E-state index in [1.54, 1.807) is 23.0 Å². The first-order valence-corrected chi connectivity index (χ1v) is 7.27. The second-order valence-electron chi connectivity index (χ2n) is 4.93. The van der Waals surface area contributed by atoms with Crippen LogP contribution in [0.25, 0.3) is 5.69 Å². The van der Waals surface area contributed by atoms with E-state index in [9.17, 15) is 9.18 Å². The molecule has 2 rings (SSSR count). The van der Waals surface area contributed by atoms with E-state index in [2.05, 4.69) is 10.4 Å². The molecule has 1 heterocycles. The summed E-state index contributed by atoms with van der Waals surface area (Å²) in [6.07, 6.45) is 3.85. The van der Waals surface area contributed by atoms with Gasteiger partial charge in [-0.25, -0.2) is 9.07 Å². The SMILES string of the molecule is CCOCCC(=O)N[C@@H](C)c1cnn(-c2ccc(F)cc2)c1. The molecule has 2 aromatic rings. The molecule has 0 aliphatic rings. The highest BCUT2D eigenvalue weighted by atomic mass is 19.1. The van der Waals surface area contributed by atoms with Crippen molar-refractivity contribution in [3.8, 4) is 5.69 Å². The Kier molecular flexibility index (Phi) is 5.66. The number of carbonyl (C=O) groups is 1. The minimum absolute atomic E-state index is 0.0597. The third-order valence-electron chi connectivity index (χ3n) is 3.25. The van der Waals surface area contributed by atoms with E-state index >= 15 is 0 Å². The molecule has 1 amide bonds. The van der Waals surface area contributed by atoms with Gasteiger partial charge in [-0.15, -0.1) is 0 Å². The number of hydrogen-bond donors (Lipinski definition) is 1. The van der Waals surface area contributed by atoms with Gasteiger partial charge in [0.05, 0.1) is 24.5 Å². The van der Waals surface area contributed by atoms with Gasteiger partial charge in [0.2, 0.25) is 5.91 Å². The van der Waals surface area contributed by atoms with Crippen LogP contribution < -0.4 is 5.32 Å². The molecule has 0 aliphatic heterocycles. The van der Waals surface area contributed by atoms with E-state index in [0.717, 1.165) is 11.3 Å². The molecule has 0 unspecified atom stereocenters. The van der Waals surface area contributed by atoms with E-state index < -0.39 is 0 Å². The molecule has 0 bridgehead atoms. The normalized spacial score (nSPS) is 12.1. The van der Waals surface area contributed by atoms with Gasteiger partial charge in [-0.3, -0.25) is 4.79 Å². The van der Waals surface area contributed by atoms with Gasteiger partial charge in [-0.1, -0.05) is 0 Å². The zero-order valence-electron chi connectivity index (χ0n) is 12.8. The maximum Gasteiger partial charge on any atom is 0.222 e. The van der Waals surface area contributed by atoms with Crippen LogP contribution in [0, 0.1) is 5.82 Å². The first-order valence-electron chi connectivity index (χ1n) is 7.27. The van der Waals surface area contributed by atoms with Crippen molar-refractivity contribution in [2.24, 2.45) is 0 Å². The monoisotopic (exact) mass is 305 g/mol. The number of amides is 1. The summed E-state index contributed by atoms with van der Waals surface area (Å²) in [4.78, 5) is 11.8. The van der Waals surface area contributed by atoms with Gasteiger partial charge in [-0.05, 0) is 38.1 Å². The Morgan fingerprint density at radius 1 is 1.41 bits per heavy atom. The average molecular weight is 305 g/mol. The van der Waals surface area contributed by atoms with Gasteiger partial charge in [-0.2, -0.15) is 5.10 Å². The van der Waals surface area contributed by atoms with Crippen LogP contribution in [0.15, 0.2) is 36.7 Å². The summed E-state index contributed by atoms with van der Waals surface area (Å²) in [5.74, 6) is -0.346. The van der Waals surface area contributed by atoms with Crippen molar-refractivity contribution in [3.63, 3.8) is 0 Å². The number of benzene rings is 1. The molecule has 0 spiro atoms. The largest absolute Gasteiger partial charge is 0.381 e. The zero-order chi connectivity index (χ0) is 15.9. The molecule has 0 radical (unpaired) electrons. The molecular weight excluding hydrogens is 285 g/mol. The minimum atomic E-state index is -0.286. The van der Waals surface area contributed by atoms with Crippen molar-refractivity contribution in [1.29, 1.82) is 0 Å². The van der Waals surface area contributed by atoms with Crippen LogP contribution in [0.2, 0.25) is 0 Å². The number of rotatable bonds is 7. The summed E-state index contributed by atoms with van der Waals surface area (Å²) in [6.45, 7) is 4.81. The standard InChI is InChI=1S/C16H20FN3O2/c1-3-22-9-8-16(21)19-12(2)13-10-18-20(11-13)15-6-4-14(17)5-7-15/h4-7,10-12H,3,8-9H2,1-2H3,(H,19,21)/t12-/m0/s1. The van der Waals surface area contributed by atoms with Crippen molar-refractivity contribution in [3.05, 3.63) is 48.0 Å². The number of halogens is 1. The molecule has 118 valence electrons. The molecule has 0 aliphatic carbocycles. The van der Waals surface area contributed by atoms with E-state index in [1.165, 1.54) is 12.1 Å². The van der Waals surface area contributed by atoms with Crippen LogP contribution in [-0.2, 0) is 9.53 Å². The molecule has 6 heteroatoms. The van der Waals surface area contributed by atoms with Crippen molar-refractivity contribution in [2.75, 3.05) is 13.2 Å². The van der Waals surface area contributed by atoms with Gasteiger partial charge in [0, 0.05) is 24.8 Å². The lowest BCUT2D eigenvalue weighted by Crippen LogP contribution is -2.27. The van der Waals surface area contributed by atoms with Crippen LogP contribution in [0.3, 0.4) is 0 Å². The number of nitrogens with zero attached hydrogens (tertiary/aromatic N) is 2. The van der Waals surface area contributed by atoms with Crippen LogP contribution >= 0.6 is 0 Å². The first kappa shape index (κ1) is 16.2. The molecule has 0 saturated heterocycles. The van der Waals surface area contributed by atoms with E-state index in [4.69, 9.17) is 4.74 Å². The molecule has 1 atom stereocenters. The predicted octanol–water partition coefficient (Wildman–Crippen LogP) is 2.62. The van der Waals surface area contributed by atoms with E-state index in [-0.39, 0.29) is 17.8 Å². The summed E-state index contributed by atoms with van der Waals surface area (Å²) in [5.41, 5.74) is 1.65. The Balaban J connectivity index is 1.95. The Hall–Kier alpha value is -2.21. The molecule has 0 fully saturated rings. The summed E-state index contributed by atoms with van der Waals surface area (Å²) in [7, 11) is 0. The van der Waals surface area contributed by atoms with Crippen LogP contribution in [0.5, 0.6) is 0 Å². The zero-order valence-corrected chi connectivity index (χ0v) is 12.8. The van der Waals surface area contributed by atoms with Crippen LogP contribution in [0.1, 0.15) is 31.9 Å². The highest BCUT2D eigenvalue weighted by Gasteiger charge is 2.12. The second kappa shape index (κ2) is 7.70. The van der Waals surface area contributed by atoms with Crippen LogP contribution in [0.4, 0.5) is 4.39 Å². The summed E-state index contributed by atoms with van der Waals surface area (Å²) < 4.78 is 19.7. The maximum absolute atomic E-state index is 12.9. The van der Waals surface area contributed by atoms with Crippen molar-refractivity contribution in [1.82, 2.24) is 15.1 Å². The Morgan fingerprint density at radius 2 is 2.14 bits per heavy atom. The lowest BCUT2D eigenvalue weighted by Gasteiger charge is -2.12. The van der Waals surface area contributed by atoms with Gasteiger partial charge >= 0.3 is 0 Å². The summed E-state index contributed by atoms with van der Waals surface area (Å²) >= 11 is 0. The number of hydrogen-bond acceptors (Lipinski definition) is 3. The summed E-state index contributed by atoms with van der Waals surface area (Å²) in [5, 5.41) is 7.13. The highest BCUT2D eigenvalue weighted by molar-refractivity contribution is 5.76. The van der Waals surface area contributed by atoms with Crippen molar-refractivity contribution < 1.29 is 13.9 Å². The van der Waals surface area contributed by atoms with Gasteiger partial charge < -0.3 is 10.1 Å². The molecule has 1 aromatic carbocycles. The van der Waals surface area contributed by atoms with Crippen molar-refractivity contribution >= 4 is 5.91 Å². The number of ether oxygens (including phenoxy) is 1. The lowest BCUT2D eigenvalue weighted by molar-refractivity contribution is -0.122. The van der Waals surface area contributed by atoms with E-state index in [1.807, 2.05) is 20.0 Å². The maximum atomic E-state index is 12.9. The number of carbonyl (C=O) groups excluding carboxylic acids is 1. The third kappa shape index (κ3) is 4.39. The topological polar surface area (TPSA) is 56.1 Å². The summed E-state index contributed by atoms with van der Waals surface area (Å²) in [6, 6.07) is 5.92. The van der Waals surface area contributed by atoms with Gasteiger partial charge in [0.25, 0.3) is 0 Å². The van der Waals surface area contributed by atoms with Crippen LogP contribution in [-0.4, -0.2) is 28.9 Å². The number of aromatic nitrogens is 2. The molecular formula is C16H20FN3O2. The average Bonchev–Trinajstić information content (AvgIpc) is 2.98. The molecule has 0 saturated carbocycles. The van der Waals surface area contributed by atoms with E-state index in [0.29, 0.717) is 19.6 Å². The fraction of sp³-hybridized carbons (Fsp3) is 0.375. The molecule has 1 N–H and O–H groups in total. The first-order chi connectivity index (χ1) is 10.6. The molecule has 22 heavy (non-hydrogen) atoms. The Morgan fingerprint density at radius 3 is 2.82 bits per heavy atom. The van der Waals surface area contributed by atoms with Gasteiger partial charge in [0.1, 0.15) is 5.82 Å². The Labute approximate surface area is 129 Å². The number of nitrogens with one attached hydrogen (secondary N) is 1. The fourth-order valence-corrected chi connectivity index (χ4v) is 2.00. The third-order valence-corrected chi connectivity index (χ3v) is 3.25. The lowest BCUT2D eigenvalue weighted by atomic mass is 10.2. The minimum Gasteiger partial charge on any atom is -0.381 e. The Bertz CT molecular complexity index is 610. The predicted molar refractivity (Wildman–Crippen MR) is 81.2 cm³/mol. The second-order valence-corrected chi connectivity index (χ2v) is 4.93. The van der Waals surface area contributed by atoms with Gasteiger partial charge in [0.15, 0.2) is 0 Å². The highest BCUT2D eigenvalue weighted by Crippen LogP contribution is 2.15. The quantitative estimate of drug-likeness (QED) is 0.800. The molecule has 5 nitrogen and oxygen atoms in total. The van der Waals surface area contributed by atoms with Crippen molar-refractivity contribution in [2.45, 2.75) is 26.3 Å².